The largest absolute Gasteiger partial charge is 0.491 e. The first-order valence-corrected chi connectivity index (χ1v) is 7.18. The van der Waals surface area contributed by atoms with Crippen molar-refractivity contribution in [2.24, 2.45) is 5.92 Å². The van der Waals surface area contributed by atoms with Crippen LogP contribution >= 0.6 is 0 Å². The van der Waals surface area contributed by atoms with Crippen LogP contribution in [-0.2, 0) is 0 Å². The smallest absolute Gasteiger partial charge is 0.122 e. The van der Waals surface area contributed by atoms with Crippen LogP contribution in [0.1, 0.15) is 30.9 Å². The minimum atomic E-state index is -0.273. The van der Waals surface area contributed by atoms with E-state index in [-0.39, 0.29) is 12.1 Å². The zero-order valence-corrected chi connectivity index (χ0v) is 12.2. The normalized spacial score (nSPS) is 18.1. The first-order chi connectivity index (χ1) is 9.13. The summed E-state index contributed by atoms with van der Waals surface area (Å²) in [6, 6.07) is 6.11. The maximum absolute atomic E-state index is 9.78. The highest BCUT2D eigenvalue weighted by molar-refractivity contribution is 5.38. The molecular weight excluding hydrogens is 238 g/mol. The second-order valence-electron chi connectivity index (χ2n) is 5.61. The molecule has 1 aliphatic rings. The van der Waals surface area contributed by atoms with Gasteiger partial charge in [-0.2, -0.15) is 0 Å². The SMILES string of the molecule is CCNC(CO)(COc1cccc(C)c1C)C1CC1. The average Bonchev–Trinajstić information content (AvgIpc) is 3.24. The lowest BCUT2D eigenvalue weighted by molar-refractivity contribution is 0.0861. The highest BCUT2D eigenvalue weighted by Gasteiger charge is 2.45. The summed E-state index contributed by atoms with van der Waals surface area (Å²) in [5.41, 5.74) is 2.15. The fraction of sp³-hybridized carbons (Fsp3) is 0.625. The van der Waals surface area contributed by atoms with Crippen LogP contribution in [0.3, 0.4) is 0 Å². The maximum Gasteiger partial charge on any atom is 0.122 e. The Morgan fingerprint density at radius 1 is 1.37 bits per heavy atom. The van der Waals surface area contributed by atoms with Crippen molar-refractivity contribution in [2.75, 3.05) is 19.8 Å². The molecule has 2 N–H and O–H groups in total. The van der Waals surface area contributed by atoms with Crippen molar-refractivity contribution in [2.45, 2.75) is 39.2 Å². The Hall–Kier alpha value is -1.06. The predicted octanol–water partition coefficient (Wildman–Crippen LogP) is 2.43. The van der Waals surface area contributed by atoms with Crippen molar-refractivity contribution in [3.05, 3.63) is 29.3 Å². The van der Waals surface area contributed by atoms with Gasteiger partial charge in [-0.15, -0.1) is 0 Å². The number of aliphatic hydroxyl groups excluding tert-OH is 1. The maximum atomic E-state index is 9.78. The monoisotopic (exact) mass is 263 g/mol. The fourth-order valence-corrected chi connectivity index (χ4v) is 2.62. The van der Waals surface area contributed by atoms with E-state index in [0.717, 1.165) is 12.3 Å². The molecule has 1 aliphatic carbocycles. The third kappa shape index (κ3) is 3.10. The first kappa shape index (κ1) is 14.4. The van der Waals surface area contributed by atoms with Gasteiger partial charge in [0.1, 0.15) is 12.4 Å². The molecule has 1 atom stereocenters. The Balaban J connectivity index is 2.08. The van der Waals surface area contributed by atoms with Crippen molar-refractivity contribution in [1.82, 2.24) is 5.32 Å². The number of benzene rings is 1. The number of rotatable bonds is 7. The standard InChI is InChI=1S/C16H25NO2/c1-4-17-16(10-18,14-8-9-14)11-19-15-7-5-6-12(2)13(15)3/h5-7,14,17-18H,4,8-11H2,1-3H3. The molecule has 1 aromatic carbocycles. The van der Waals surface area contributed by atoms with Crippen molar-refractivity contribution in [3.8, 4) is 5.75 Å². The molecule has 0 amide bonds. The summed E-state index contributed by atoms with van der Waals surface area (Å²) in [7, 11) is 0. The molecule has 0 spiro atoms. The van der Waals surface area contributed by atoms with Crippen molar-refractivity contribution in [3.63, 3.8) is 0 Å². The number of aliphatic hydroxyl groups is 1. The lowest BCUT2D eigenvalue weighted by Gasteiger charge is -2.33. The molecule has 1 fully saturated rings. The van der Waals surface area contributed by atoms with E-state index >= 15 is 0 Å². The van der Waals surface area contributed by atoms with E-state index < -0.39 is 0 Å². The van der Waals surface area contributed by atoms with E-state index in [2.05, 4.69) is 32.2 Å². The molecule has 1 aromatic rings. The van der Waals surface area contributed by atoms with Crippen molar-refractivity contribution < 1.29 is 9.84 Å². The summed E-state index contributed by atoms with van der Waals surface area (Å²) >= 11 is 0. The number of likely N-dealkylation sites (N-methyl/N-ethyl adjacent to an activating group) is 1. The van der Waals surface area contributed by atoms with Gasteiger partial charge >= 0.3 is 0 Å². The van der Waals surface area contributed by atoms with Gasteiger partial charge in [-0.3, -0.25) is 0 Å². The molecule has 3 heteroatoms. The number of ether oxygens (including phenoxy) is 1. The zero-order valence-electron chi connectivity index (χ0n) is 12.2. The summed E-state index contributed by atoms with van der Waals surface area (Å²) in [5, 5.41) is 13.2. The quantitative estimate of drug-likeness (QED) is 0.794. The Morgan fingerprint density at radius 2 is 2.11 bits per heavy atom. The van der Waals surface area contributed by atoms with Gasteiger partial charge in [0.2, 0.25) is 0 Å². The van der Waals surface area contributed by atoms with Crippen LogP contribution in [-0.4, -0.2) is 30.4 Å². The average molecular weight is 263 g/mol. The molecule has 1 saturated carbocycles. The molecule has 0 aliphatic heterocycles. The highest BCUT2D eigenvalue weighted by atomic mass is 16.5. The van der Waals surface area contributed by atoms with Gasteiger partial charge in [-0.1, -0.05) is 19.1 Å². The molecule has 0 bridgehead atoms. The number of aryl methyl sites for hydroxylation is 1. The zero-order chi connectivity index (χ0) is 13.9. The minimum absolute atomic E-state index is 0.135. The summed E-state index contributed by atoms with van der Waals surface area (Å²) in [6.07, 6.45) is 2.37. The number of nitrogens with one attached hydrogen (secondary N) is 1. The van der Waals surface area contributed by atoms with Gasteiger partial charge < -0.3 is 15.2 Å². The highest BCUT2D eigenvalue weighted by Crippen LogP contribution is 2.40. The lowest BCUT2D eigenvalue weighted by Crippen LogP contribution is -2.55. The van der Waals surface area contributed by atoms with Crippen LogP contribution in [0, 0.1) is 19.8 Å². The topological polar surface area (TPSA) is 41.5 Å². The fourth-order valence-electron chi connectivity index (χ4n) is 2.62. The van der Waals surface area contributed by atoms with E-state index in [0.29, 0.717) is 12.5 Å². The second-order valence-corrected chi connectivity index (χ2v) is 5.61. The van der Waals surface area contributed by atoms with E-state index in [9.17, 15) is 5.11 Å². The van der Waals surface area contributed by atoms with Crippen LogP contribution in [0.5, 0.6) is 5.75 Å². The van der Waals surface area contributed by atoms with Crippen molar-refractivity contribution in [1.29, 1.82) is 0 Å². The van der Waals surface area contributed by atoms with Crippen LogP contribution < -0.4 is 10.1 Å². The summed E-state index contributed by atoms with van der Waals surface area (Å²) in [4.78, 5) is 0. The Kier molecular flexibility index (Phi) is 4.48. The van der Waals surface area contributed by atoms with E-state index in [1.54, 1.807) is 0 Å². The molecule has 2 rings (SSSR count). The van der Waals surface area contributed by atoms with Gasteiger partial charge in [0, 0.05) is 0 Å². The van der Waals surface area contributed by atoms with Gasteiger partial charge in [-0.25, -0.2) is 0 Å². The van der Waals surface area contributed by atoms with Gasteiger partial charge in [0.25, 0.3) is 0 Å². The predicted molar refractivity (Wildman–Crippen MR) is 77.6 cm³/mol. The van der Waals surface area contributed by atoms with Crippen LogP contribution in [0.2, 0.25) is 0 Å². The van der Waals surface area contributed by atoms with E-state index in [4.69, 9.17) is 4.74 Å². The summed E-state index contributed by atoms with van der Waals surface area (Å²) in [5.74, 6) is 1.47. The molecule has 0 aromatic heterocycles. The molecule has 0 radical (unpaired) electrons. The molecule has 0 saturated heterocycles. The number of hydrogen-bond acceptors (Lipinski definition) is 3. The Bertz CT molecular complexity index is 429. The molecule has 106 valence electrons. The molecule has 0 heterocycles. The van der Waals surface area contributed by atoms with Gasteiger partial charge in [-0.05, 0) is 56.3 Å². The summed E-state index contributed by atoms with van der Waals surface area (Å²) < 4.78 is 6.01. The third-order valence-electron chi connectivity index (χ3n) is 4.21. The van der Waals surface area contributed by atoms with Crippen LogP contribution in [0.15, 0.2) is 18.2 Å². The first-order valence-electron chi connectivity index (χ1n) is 7.18. The third-order valence-corrected chi connectivity index (χ3v) is 4.21. The molecule has 1 unspecified atom stereocenters. The van der Waals surface area contributed by atoms with Crippen LogP contribution in [0.25, 0.3) is 0 Å². The Morgan fingerprint density at radius 3 is 2.68 bits per heavy atom. The molecular formula is C16H25NO2. The lowest BCUT2D eigenvalue weighted by atomic mass is 9.95. The molecule has 19 heavy (non-hydrogen) atoms. The second kappa shape index (κ2) is 5.93. The van der Waals surface area contributed by atoms with E-state index in [1.165, 1.54) is 24.0 Å². The van der Waals surface area contributed by atoms with Crippen LogP contribution in [0.4, 0.5) is 0 Å². The Labute approximate surface area is 116 Å². The number of hydrogen-bond donors (Lipinski definition) is 2. The van der Waals surface area contributed by atoms with Crippen molar-refractivity contribution >= 4 is 0 Å². The van der Waals surface area contributed by atoms with Gasteiger partial charge in [0.05, 0.1) is 12.1 Å². The molecule has 3 nitrogen and oxygen atoms in total. The summed E-state index contributed by atoms with van der Waals surface area (Å²) in [6.45, 7) is 7.77. The minimum Gasteiger partial charge on any atom is -0.491 e. The van der Waals surface area contributed by atoms with E-state index in [1.807, 2.05) is 12.1 Å². The van der Waals surface area contributed by atoms with Gasteiger partial charge in [0.15, 0.2) is 0 Å².